The Kier molecular flexibility index (Phi) is 6.38. The number of rotatable bonds is 6. The summed E-state index contributed by atoms with van der Waals surface area (Å²) in [6, 6.07) is -0.685. The molecule has 0 saturated carbocycles. The molecule has 3 nitrogen and oxygen atoms in total. The van der Waals surface area contributed by atoms with Crippen molar-refractivity contribution in [2.75, 3.05) is 0 Å². The van der Waals surface area contributed by atoms with Gasteiger partial charge in [0.1, 0.15) is 6.04 Å². The van der Waals surface area contributed by atoms with Crippen LogP contribution in [0.4, 0.5) is 0 Å². The van der Waals surface area contributed by atoms with E-state index >= 15 is 0 Å². The topological polar surface area (TPSA) is 63.3 Å². The molecule has 0 bridgehead atoms. The molecular formula is C9H17NO2. The van der Waals surface area contributed by atoms with E-state index in [2.05, 4.69) is 6.08 Å². The van der Waals surface area contributed by atoms with E-state index in [1.807, 2.05) is 13.0 Å². The van der Waals surface area contributed by atoms with Crippen LogP contribution >= 0.6 is 0 Å². The average molecular weight is 171 g/mol. The third-order valence-corrected chi connectivity index (χ3v) is 1.69. The first kappa shape index (κ1) is 11.2. The van der Waals surface area contributed by atoms with Crippen molar-refractivity contribution in [1.29, 1.82) is 0 Å². The lowest BCUT2D eigenvalue weighted by Crippen LogP contribution is -2.29. The van der Waals surface area contributed by atoms with Crippen LogP contribution in [-0.4, -0.2) is 17.1 Å². The molecule has 1 unspecified atom stereocenters. The minimum Gasteiger partial charge on any atom is -0.480 e. The van der Waals surface area contributed by atoms with E-state index in [1.165, 1.54) is 0 Å². The molecule has 0 amide bonds. The van der Waals surface area contributed by atoms with Crippen molar-refractivity contribution in [2.45, 2.75) is 38.6 Å². The van der Waals surface area contributed by atoms with Crippen molar-refractivity contribution >= 4 is 5.97 Å². The maximum Gasteiger partial charge on any atom is 0.320 e. The number of hydrogen-bond donors (Lipinski definition) is 2. The summed E-state index contributed by atoms with van der Waals surface area (Å²) in [6.07, 6.45) is 7.57. The maximum absolute atomic E-state index is 10.3. The van der Waals surface area contributed by atoms with E-state index in [0.29, 0.717) is 6.42 Å². The van der Waals surface area contributed by atoms with Crippen LogP contribution in [0, 0.1) is 0 Å². The first-order valence-electron chi connectivity index (χ1n) is 4.28. The Balaban J connectivity index is 3.25. The molecule has 3 N–H and O–H groups in total. The summed E-state index contributed by atoms with van der Waals surface area (Å²) in [7, 11) is 0. The molecule has 0 heterocycles. The van der Waals surface area contributed by atoms with E-state index in [4.69, 9.17) is 10.8 Å². The lowest BCUT2D eigenvalue weighted by molar-refractivity contribution is -0.138. The van der Waals surface area contributed by atoms with Gasteiger partial charge in [-0.15, -0.1) is 0 Å². The van der Waals surface area contributed by atoms with Crippen LogP contribution in [0.1, 0.15) is 32.6 Å². The fraction of sp³-hybridized carbons (Fsp3) is 0.667. The van der Waals surface area contributed by atoms with Crippen molar-refractivity contribution in [3.05, 3.63) is 12.2 Å². The summed E-state index contributed by atoms with van der Waals surface area (Å²) in [5, 5.41) is 8.45. The molecule has 0 radical (unpaired) electrons. The second-order valence-corrected chi connectivity index (χ2v) is 2.80. The molecule has 70 valence electrons. The average Bonchev–Trinajstić information content (AvgIpc) is 2.03. The van der Waals surface area contributed by atoms with Gasteiger partial charge in [0.25, 0.3) is 0 Å². The summed E-state index contributed by atoms with van der Waals surface area (Å²) in [5.41, 5.74) is 5.31. The molecule has 0 fully saturated rings. The number of hydrogen-bond acceptors (Lipinski definition) is 2. The highest BCUT2D eigenvalue weighted by molar-refractivity contribution is 5.72. The molecule has 3 heteroatoms. The second-order valence-electron chi connectivity index (χ2n) is 2.80. The van der Waals surface area contributed by atoms with Crippen LogP contribution in [0.25, 0.3) is 0 Å². The van der Waals surface area contributed by atoms with Gasteiger partial charge >= 0.3 is 5.97 Å². The smallest absolute Gasteiger partial charge is 0.320 e. The van der Waals surface area contributed by atoms with Crippen molar-refractivity contribution in [2.24, 2.45) is 5.73 Å². The highest BCUT2D eigenvalue weighted by Gasteiger charge is 2.09. The van der Waals surface area contributed by atoms with Crippen LogP contribution in [-0.2, 0) is 4.79 Å². The van der Waals surface area contributed by atoms with E-state index in [1.54, 1.807) is 0 Å². The Hall–Kier alpha value is -0.830. The predicted octanol–water partition coefficient (Wildman–Crippen LogP) is 1.53. The fourth-order valence-corrected chi connectivity index (χ4v) is 0.917. The number of aliphatic carboxylic acids is 1. The first-order chi connectivity index (χ1) is 5.68. The van der Waals surface area contributed by atoms with Crippen LogP contribution in [0.15, 0.2) is 12.2 Å². The van der Waals surface area contributed by atoms with Gasteiger partial charge < -0.3 is 10.8 Å². The quantitative estimate of drug-likeness (QED) is 0.470. The van der Waals surface area contributed by atoms with Gasteiger partial charge in [0.15, 0.2) is 0 Å². The van der Waals surface area contributed by atoms with Crippen molar-refractivity contribution < 1.29 is 9.90 Å². The SMILES string of the molecule is C/C=C/CCCCC(N)C(=O)O. The van der Waals surface area contributed by atoms with E-state index in [-0.39, 0.29) is 0 Å². The summed E-state index contributed by atoms with van der Waals surface area (Å²) in [5.74, 6) is -0.902. The molecule has 12 heavy (non-hydrogen) atoms. The Morgan fingerprint density at radius 2 is 2.25 bits per heavy atom. The minimum absolute atomic E-state index is 0.576. The summed E-state index contributed by atoms with van der Waals surface area (Å²) in [6.45, 7) is 1.98. The number of nitrogens with two attached hydrogens (primary N) is 1. The lowest BCUT2D eigenvalue weighted by atomic mass is 10.1. The molecule has 0 aliphatic carbocycles. The largest absolute Gasteiger partial charge is 0.480 e. The predicted molar refractivity (Wildman–Crippen MR) is 48.9 cm³/mol. The summed E-state index contributed by atoms with van der Waals surface area (Å²) >= 11 is 0. The molecule has 1 atom stereocenters. The fourth-order valence-electron chi connectivity index (χ4n) is 0.917. The van der Waals surface area contributed by atoms with Gasteiger partial charge in [-0.25, -0.2) is 0 Å². The van der Waals surface area contributed by atoms with E-state index in [0.717, 1.165) is 19.3 Å². The van der Waals surface area contributed by atoms with E-state index < -0.39 is 12.0 Å². The van der Waals surface area contributed by atoms with Gasteiger partial charge in [-0.1, -0.05) is 18.6 Å². The molecule has 0 aromatic heterocycles. The Morgan fingerprint density at radius 1 is 1.58 bits per heavy atom. The molecule has 0 aliphatic heterocycles. The number of allylic oxidation sites excluding steroid dienone is 2. The number of unbranched alkanes of at least 4 members (excludes halogenated alkanes) is 2. The highest BCUT2D eigenvalue weighted by atomic mass is 16.4. The molecule has 0 spiro atoms. The van der Waals surface area contributed by atoms with Gasteiger partial charge in [-0.2, -0.15) is 0 Å². The van der Waals surface area contributed by atoms with Crippen molar-refractivity contribution in [3.63, 3.8) is 0 Å². The minimum atomic E-state index is -0.902. The molecule has 0 saturated heterocycles. The van der Waals surface area contributed by atoms with Gasteiger partial charge in [0, 0.05) is 0 Å². The monoisotopic (exact) mass is 171 g/mol. The Morgan fingerprint density at radius 3 is 2.75 bits per heavy atom. The van der Waals surface area contributed by atoms with Gasteiger partial charge in [0.2, 0.25) is 0 Å². The summed E-state index contributed by atoms with van der Waals surface area (Å²) in [4.78, 5) is 10.3. The van der Waals surface area contributed by atoms with Crippen molar-refractivity contribution in [3.8, 4) is 0 Å². The number of carboxylic acids is 1. The highest BCUT2D eigenvalue weighted by Crippen LogP contribution is 2.02. The van der Waals surface area contributed by atoms with Gasteiger partial charge in [-0.3, -0.25) is 4.79 Å². The lowest BCUT2D eigenvalue weighted by Gasteiger charge is -2.03. The molecule has 0 aromatic carbocycles. The first-order valence-corrected chi connectivity index (χ1v) is 4.28. The molecule has 0 rings (SSSR count). The second kappa shape index (κ2) is 6.85. The van der Waals surface area contributed by atoms with Crippen LogP contribution in [0.2, 0.25) is 0 Å². The normalized spacial score (nSPS) is 13.5. The Bertz CT molecular complexity index is 155. The zero-order valence-corrected chi connectivity index (χ0v) is 7.49. The number of carbonyl (C=O) groups is 1. The van der Waals surface area contributed by atoms with Gasteiger partial charge in [0.05, 0.1) is 0 Å². The molecule has 0 aliphatic rings. The molecule has 0 aromatic rings. The summed E-state index contributed by atoms with van der Waals surface area (Å²) < 4.78 is 0. The maximum atomic E-state index is 10.3. The Labute approximate surface area is 73.3 Å². The van der Waals surface area contributed by atoms with Crippen molar-refractivity contribution in [1.82, 2.24) is 0 Å². The third-order valence-electron chi connectivity index (χ3n) is 1.69. The third kappa shape index (κ3) is 5.92. The van der Waals surface area contributed by atoms with Crippen LogP contribution in [0.5, 0.6) is 0 Å². The number of carboxylic acid groups (broad SMARTS) is 1. The van der Waals surface area contributed by atoms with Crippen LogP contribution in [0.3, 0.4) is 0 Å². The zero-order valence-electron chi connectivity index (χ0n) is 7.49. The van der Waals surface area contributed by atoms with E-state index in [9.17, 15) is 4.79 Å². The molecular weight excluding hydrogens is 154 g/mol. The van der Waals surface area contributed by atoms with Gasteiger partial charge in [-0.05, 0) is 26.2 Å². The zero-order chi connectivity index (χ0) is 9.40. The standard InChI is InChI=1S/C9H17NO2/c1-2-3-4-5-6-7-8(10)9(11)12/h2-3,8H,4-7,10H2,1H3,(H,11,12)/b3-2+. The van der Waals surface area contributed by atoms with Crippen LogP contribution < -0.4 is 5.73 Å².